The molecule has 5 heteroatoms. The van der Waals surface area contributed by atoms with Crippen LogP contribution in [0, 0.1) is 0 Å². The van der Waals surface area contributed by atoms with E-state index in [4.69, 9.17) is 11.6 Å². The number of aldehydes is 1. The van der Waals surface area contributed by atoms with Gasteiger partial charge in [0.1, 0.15) is 0 Å². The predicted octanol–water partition coefficient (Wildman–Crippen LogP) is 1.72. The standard InChI is InChI=1S/C12H15ClN2O2/c1-14-12(17)5-6-15(2)11-7-10(13)4-3-9(11)8-16/h3-4,7-8H,5-6H2,1-2H3,(H,14,17). The minimum atomic E-state index is -0.0356. The van der Waals surface area contributed by atoms with Crippen molar-refractivity contribution in [1.29, 1.82) is 0 Å². The largest absolute Gasteiger partial charge is 0.373 e. The third-order valence-electron chi connectivity index (χ3n) is 2.48. The molecule has 0 fully saturated rings. The Balaban J connectivity index is 2.80. The van der Waals surface area contributed by atoms with E-state index in [9.17, 15) is 9.59 Å². The first-order chi connectivity index (χ1) is 8.08. The molecule has 0 aromatic heterocycles. The number of amides is 1. The van der Waals surface area contributed by atoms with Gasteiger partial charge in [0.2, 0.25) is 5.91 Å². The molecular formula is C12H15ClN2O2. The molecule has 4 nitrogen and oxygen atoms in total. The van der Waals surface area contributed by atoms with Crippen molar-refractivity contribution in [1.82, 2.24) is 5.32 Å². The lowest BCUT2D eigenvalue weighted by Gasteiger charge is -2.20. The Labute approximate surface area is 106 Å². The van der Waals surface area contributed by atoms with Crippen LogP contribution in [-0.2, 0) is 4.79 Å². The maximum Gasteiger partial charge on any atom is 0.221 e. The molecule has 0 radical (unpaired) electrons. The van der Waals surface area contributed by atoms with E-state index >= 15 is 0 Å². The zero-order valence-electron chi connectivity index (χ0n) is 9.87. The van der Waals surface area contributed by atoms with E-state index in [-0.39, 0.29) is 5.91 Å². The number of nitrogens with zero attached hydrogens (tertiary/aromatic N) is 1. The van der Waals surface area contributed by atoms with Crippen LogP contribution in [0.1, 0.15) is 16.8 Å². The van der Waals surface area contributed by atoms with Gasteiger partial charge in [-0.15, -0.1) is 0 Å². The van der Waals surface area contributed by atoms with Gasteiger partial charge in [0.15, 0.2) is 6.29 Å². The highest BCUT2D eigenvalue weighted by molar-refractivity contribution is 6.31. The summed E-state index contributed by atoms with van der Waals surface area (Å²) < 4.78 is 0. The Kier molecular flexibility index (Phi) is 4.97. The molecule has 0 atom stereocenters. The molecule has 92 valence electrons. The van der Waals surface area contributed by atoms with Crippen LogP contribution in [0.25, 0.3) is 0 Å². The van der Waals surface area contributed by atoms with Crippen molar-refractivity contribution in [2.75, 3.05) is 25.5 Å². The highest BCUT2D eigenvalue weighted by Gasteiger charge is 2.09. The Morgan fingerprint density at radius 3 is 2.82 bits per heavy atom. The van der Waals surface area contributed by atoms with E-state index in [0.29, 0.717) is 23.6 Å². The zero-order valence-corrected chi connectivity index (χ0v) is 10.6. The second-order valence-corrected chi connectivity index (χ2v) is 4.10. The molecule has 0 saturated carbocycles. The van der Waals surface area contributed by atoms with Crippen molar-refractivity contribution >= 4 is 29.5 Å². The number of rotatable bonds is 5. The van der Waals surface area contributed by atoms with E-state index in [1.54, 1.807) is 25.2 Å². The maximum absolute atomic E-state index is 11.1. The minimum absolute atomic E-state index is 0.0356. The van der Waals surface area contributed by atoms with Crippen LogP contribution in [-0.4, -0.2) is 32.8 Å². The van der Waals surface area contributed by atoms with Crippen LogP contribution >= 0.6 is 11.6 Å². The van der Waals surface area contributed by atoms with Gasteiger partial charge in [-0.25, -0.2) is 0 Å². The molecule has 0 heterocycles. The number of benzene rings is 1. The summed E-state index contributed by atoms with van der Waals surface area (Å²) in [5.41, 5.74) is 1.30. The van der Waals surface area contributed by atoms with E-state index in [0.717, 1.165) is 12.0 Å². The van der Waals surface area contributed by atoms with Gasteiger partial charge in [0.25, 0.3) is 0 Å². The monoisotopic (exact) mass is 254 g/mol. The molecule has 1 aromatic carbocycles. The highest BCUT2D eigenvalue weighted by atomic mass is 35.5. The maximum atomic E-state index is 11.1. The quantitative estimate of drug-likeness (QED) is 0.814. The van der Waals surface area contributed by atoms with Gasteiger partial charge in [-0.05, 0) is 18.2 Å². The van der Waals surface area contributed by atoms with E-state index in [2.05, 4.69) is 5.32 Å². The van der Waals surface area contributed by atoms with Gasteiger partial charge in [0, 0.05) is 43.3 Å². The number of halogens is 1. The molecule has 1 aromatic rings. The number of hydrogen-bond donors (Lipinski definition) is 1. The van der Waals surface area contributed by atoms with Crippen molar-refractivity contribution in [3.05, 3.63) is 28.8 Å². The number of hydrogen-bond acceptors (Lipinski definition) is 3. The summed E-state index contributed by atoms with van der Waals surface area (Å²) in [6.07, 6.45) is 1.15. The average Bonchev–Trinajstić information content (AvgIpc) is 2.35. The molecule has 17 heavy (non-hydrogen) atoms. The van der Waals surface area contributed by atoms with Gasteiger partial charge in [0.05, 0.1) is 0 Å². The van der Waals surface area contributed by atoms with Crippen LogP contribution in [0.4, 0.5) is 5.69 Å². The SMILES string of the molecule is CNC(=O)CCN(C)c1cc(Cl)ccc1C=O. The average molecular weight is 255 g/mol. The fourth-order valence-electron chi connectivity index (χ4n) is 1.46. The third kappa shape index (κ3) is 3.75. The first-order valence-electron chi connectivity index (χ1n) is 5.25. The summed E-state index contributed by atoms with van der Waals surface area (Å²) >= 11 is 5.89. The number of carbonyl (C=O) groups excluding carboxylic acids is 2. The molecule has 0 bridgehead atoms. The summed E-state index contributed by atoms with van der Waals surface area (Å²) in [4.78, 5) is 23.9. The van der Waals surface area contributed by atoms with Crippen LogP contribution in [0.2, 0.25) is 5.02 Å². The third-order valence-corrected chi connectivity index (χ3v) is 2.72. The molecule has 0 unspecified atom stereocenters. The fraction of sp³-hybridized carbons (Fsp3) is 0.333. The van der Waals surface area contributed by atoms with E-state index in [1.165, 1.54) is 0 Å². The molecule has 1 rings (SSSR count). The van der Waals surface area contributed by atoms with Crippen molar-refractivity contribution in [3.63, 3.8) is 0 Å². The van der Waals surface area contributed by atoms with Crippen molar-refractivity contribution < 1.29 is 9.59 Å². The van der Waals surface area contributed by atoms with E-state index in [1.807, 2.05) is 11.9 Å². The summed E-state index contributed by atoms with van der Waals surface area (Å²) in [5, 5.41) is 3.12. The normalized spacial score (nSPS) is 9.82. The summed E-state index contributed by atoms with van der Waals surface area (Å²) in [7, 11) is 3.42. The predicted molar refractivity (Wildman–Crippen MR) is 68.8 cm³/mol. The zero-order chi connectivity index (χ0) is 12.8. The lowest BCUT2D eigenvalue weighted by molar-refractivity contribution is -0.120. The lowest BCUT2D eigenvalue weighted by Crippen LogP contribution is -2.26. The summed E-state index contributed by atoms with van der Waals surface area (Å²) in [6.45, 7) is 0.529. The first kappa shape index (κ1) is 13.5. The number of nitrogens with one attached hydrogen (secondary N) is 1. The van der Waals surface area contributed by atoms with Crippen LogP contribution in [0.3, 0.4) is 0 Å². The van der Waals surface area contributed by atoms with E-state index < -0.39 is 0 Å². The molecule has 1 N–H and O–H groups in total. The van der Waals surface area contributed by atoms with Gasteiger partial charge >= 0.3 is 0 Å². The molecular weight excluding hydrogens is 240 g/mol. The Morgan fingerprint density at radius 2 is 2.24 bits per heavy atom. The van der Waals surface area contributed by atoms with Crippen molar-refractivity contribution in [2.45, 2.75) is 6.42 Å². The van der Waals surface area contributed by atoms with Crippen LogP contribution < -0.4 is 10.2 Å². The van der Waals surface area contributed by atoms with Gasteiger partial charge in [-0.3, -0.25) is 9.59 Å². The Hall–Kier alpha value is -1.55. The second-order valence-electron chi connectivity index (χ2n) is 3.67. The molecule has 1 amide bonds. The minimum Gasteiger partial charge on any atom is -0.373 e. The Morgan fingerprint density at radius 1 is 1.53 bits per heavy atom. The summed E-state index contributed by atoms with van der Waals surface area (Å²) in [6, 6.07) is 5.05. The Bertz CT molecular complexity index is 421. The smallest absolute Gasteiger partial charge is 0.221 e. The molecule has 0 aliphatic heterocycles. The first-order valence-corrected chi connectivity index (χ1v) is 5.62. The lowest BCUT2D eigenvalue weighted by atomic mass is 10.1. The molecule has 0 spiro atoms. The van der Waals surface area contributed by atoms with Gasteiger partial charge in [-0.2, -0.15) is 0 Å². The molecule has 0 aliphatic rings. The van der Waals surface area contributed by atoms with Crippen LogP contribution in [0.5, 0.6) is 0 Å². The number of carbonyl (C=O) groups is 2. The highest BCUT2D eigenvalue weighted by Crippen LogP contribution is 2.22. The molecule has 0 saturated heterocycles. The van der Waals surface area contributed by atoms with Crippen molar-refractivity contribution in [3.8, 4) is 0 Å². The van der Waals surface area contributed by atoms with Gasteiger partial charge < -0.3 is 10.2 Å². The summed E-state index contributed by atoms with van der Waals surface area (Å²) in [5.74, 6) is -0.0356. The second kappa shape index (κ2) is 6.25. The molecule has 0 aliphatic carbocycles. The van der Waals surface area contributed by atoms with Crippen molar-refractivity contribution in [2.24, 2.45) is 0 Å². The fourth-order valence-corrected chi connectivity index (χ4v) is 1.63. The topological polar surface area (TPSA) is 49.4 Å². The number of anilines is 1. The van der Waals surface area contributed by atoms with Gasteiger partial charge in [-0.1, -0.05) is 11.6 Å². The van der Waals surface area contributed by atoms with Crippen LogP contribution in [0.15, 0.2) is 18.2 Å².